The van der Waals surface area contributed by atoms with Crippen LogP contribution in [-0.4, -0.2) is 30.8 Å². The summed E-state index contributed by atoms with van der Waals surface area (Å²) < 4.78 is 78.9. The summed E-state index contributed by atoms with van der Waals surface area (Å²) in [5.41, 5.74) is -1.04. The van der Waals surface area contributed by atoms with Crippen molar-refractivity contribution in [2.75, 3.05) is 6.61 Å². The Kier molecular flexibility index (Phi) is 5.70. The zero-order valence-corrected chi connectivity index (χ0v) is 10.8. The second-order valence-corrected chi connectivity index (χ2v) is 4.91. The van der Waals surface area contributed by atoms with Gasteiger partial charge in [0.1, 0.15) is 0 Å². The van der Waals surface area contributed by atoms with Gasteiger partial charge in [-0.25, -0.2) is 26.3 Å². The molecule has 0 radical (unpaired) electrons. The highest BCUT2D eigenvalue weighted by Crippen LogP contribution is 2.35. The number of alkyl halides is 6. The van der Waals surface area contributed by atoms with Crippen molar-refractivity contribution in [2.45, 2.75) is 51.9 Å². The minimum absolute atomic E-state index is 0.296. The number of carbonyl (C=O) groups is 1. The molecule has 0 amide bonds. The van der Waals surface area contributed by atoms with Crippen LogP contribution in [0, 0.1) is 5.41 Å². The van der Waals surface area contributed by atoms with Crippen molar-refractivity contribution in [3.63, 3.8) is 0 Å². The Balaban J connectivity index is 4.52. The molecule has 0 fully saturated rings. The third-order valence-electron chi connectivity index (χ3n) is 2.66. The van der Waals surface area contributed by atoms with Gasteiger partial charge >= 0.3 is 18.3 Å². The summed E-state index contributed by atoms with van der Waals surface area (Å²) in [7, 11) is 0. The molecular weight excluding hydrogens is 278 g/mol. The number of halogens is 6. The van der Waals surface area contributed by atoms with Crippen LogP contribution in [-0.2, 0) is 9.53 Å². The fourth-order valence-electron chi connectivity index (χ4n) is 0.984. The standard InChI is InChI=1S/C11H16F6O2/c1-4-9(2,3)8(18)19-6-10(14,15)5-11(16,17)7(12)13/h7H,4-6H2,1-3H3. The van der Waals surface area contributed by atoms with Gasteiger partial charge in [-0.1, -0.05) is 6.92 Å². The molecule has 0 spiro atoms. The van der Waals surface area contributed by atoms with Crippen molar-refractivity contribution in [3.8, 4) is 0 Å². The Bertz CT molecular complexity index is 314. The van der Waals surface area contributed by atoms with Gasteiger partial charge in [0.25, 0.3) is 5.92 Å². The lowest BCUT2D eigenvalue weighted by molar-refractivity contribution is -0.198. The predicted molar refractivity (Wildman–Crippen MR) is 55.5 cm³/mol. The SMILES string of the molecule is CCC(C)(C)C(=O)OCC(F)(F)CC(F)(F)C(F)F. The molecule has 0 unspecified atom stereocenters. The third kappa shape index (κ3) is 5.69. The molecule has 0 saturated heterocycles. The average molecular weight is 294 g/mol. The van der Waals surface area contributed by atoms with Gasteiger partial charge in [0.05, 0.1) is 11.8 Å². The van der Waals surface area contributed by atoms with Crippen molar-refractivity contribution in [2.24, 2.45) is 5.41 Å². The van der Waals surface area contributed by atoms with Gasteiger partial charge in [-0.15, -0.1) is 0 Å². The van der Waals surface area contributed by atoms with Crippen molar-refractivity contribution in [3.05, 3.63) is 0 Å². The van der Waals surface area contributed by atoms with E-state index in [9.17, 15) is 31.1 Å². The molecule has 8 heteroatoms. The Morgan fingerprint density at radius 3 is 2.00 bits per heavy atom. The summed E-state index contributed by atoms with van der Waals surface area (Å²) >= 11 is 0. The van der Waals surface area contributed by atoms with E-state index in [1.165, 1.54) is 13.8 Å². The zero-order chi connectivity index (χ0) is 15.5. The first-order chi connectivity index (χ1) is 8.34. The molecule has 0 aliphatic rings. The summed E-state index contributed by atoms with van der Waals surface area (Å²) in [5, 5.41) is 0. The van der Waals surface area contributed by atoms with Crippen LogP contribution >= 0.6 is 0 Å². The molecule has 0 bridgehead atoms. The fourth-order valence-corrected chi connectivity index (χ4v) is 0.984. The highest BCUT2D eigenvalue weighted by molar-refractivity contribution is 5.75. The number of carbonyl (C=O) groups excluding carboxylic acids is 1. The minimum atomic E-state index is -4.82. The Labute approximate surface area is 107 Å². The summed E-state index contributed by atoms with van der Waals surface area (Å²) in [4.78, 5) is 11.4. The second-order valence-electron chi connectivity index (χ2n) is 4.91. The molecule has 0 aliphatic heterocycles. The highest BCUT2D eigenvalue weighted by Gasteiger charge is 2.50. The molecule has 0 atom stereocenters. The summed E-state index contributed by atoms with van der Waals surface area (Å²) in [6.07, 6.45) is -6.26. The molecule has 0 heterocycles. The molecule has 2 nitrogen and oxygen atoms in total. The van der Waals surface area contributed by atoms with Gasteiger partial charge in [0, 0.05) is 0 Å². The maximum atomic E-state index is 13.0. The van der Waals surface area contributed by atoms with E-state index in [2.05, 4.69) is 4.74 Å². The number of hydrogen-bond acceptors (Lipinski definition) is 2. The lowest BCUT2D eigenvalue weighted by atomic mass is 9.91. The molecule has 114 valence electrons. The molecular formula is C11H16F6O2. The zero-order valence-electron chi connectivity index (χ0n) is 10.8. The van der Waals surface area contributed by atoms with Gasteiger partial charge in [-0.05, 0) is 20.3 Å². The second kappa shape index (κ2) is 6.00. The smallest absolute Gasteiger partial charge is 0.313 e. The molecule has 0 aromatic carbocycles. The van der Waals surface area contributed by atoms with E-state index >= 15 is 0 Å². The van der Waals surface area contributed by atoms with Crippen molar-refractivity contribution >= 4 is 5.97 Å². The number of rotatable bonds is 7. The minimum Gasteiger partial charge on any atom is -0.459 e. The van der Waals surface area contributed by atoms with Gasteiger partial charge in [-0.3, -0.25) is 4.79 Å². The first kappa shape index (κ1) is 18.0. The Morgan fingerprint density at radius 1 is 1.16 bits per heavy atom. The van der Waals surface area contributed by atoms with Gasteiger partial charge in [0.15, 0.2) is 6.61 Å². The first-order valence-corrected chi connectivity index (χ1v) is 5.55. The van der Waals surface area contributed by atoms with Crippen LogP contribution in [0.1, 0.15) is 33.6 Å². The van der Waals surface area contributed by atoms with E-state index in [1.54, 1.807) is 6.92 Å². The first-order valence-electron chi connectivity index (χ1n) is 5.55. The average Bonchev–Trinajstić information content (AvgIpc) is 2.24. The van der Waals surface area contributed by atoms with Crippen molar-refractivity contribution in [1.29, 1.82) is 0 Å². The van der Waals surface area contributed by atoms with Gasteiger partial charge in [0.2, 0.25) is 0 Å². The quantitative estimate of drug-likeness (QED) is 0.526. The summed E-state index contributed by atoms with van der Waals surface area (Å²) in [5.74, 6) is -10.0. The number of ether oxygens (including phenoxy) is 1. The van der Waals surface area contributed by atoms with E-state index in [1.807, 2.05) is 0 Å². The largest absolute Gasteiger partial charge is 0.459 e. The van der Waals surface area contributed by atoms with Crippen LogP contribution in [0.5, 0.6) is 0 Å². The van der Waals surface area contributed by atoms with Crippen LogP contribution in [0.4, 0.5) is 26.3 Å². The molecule has 0 aliphatic carbocycles. The van der Waals surface area contributed by atoms with E-state index in [0.29, 0.717) is 6.42 Å². The molecule has 0 N–H and O–H groups in total. The Hall–Kier alpha value is -0.950. The molecule has 19 heavy (non-hydrogen) atoms. The molecule has 0 saturated carbocycles. The fraction of sp³-hybridized carbons (Fsp3) is 0.909. The monoisotopic (exact) mass is 294 g/mol. The van der Waals surface area contributed by atoms with Crippen LogP contribution < -0.4 is 0 Å². The lowest BCUT2D eigenvalue weighted by Crippen LogP contribution is -2.39. The van der Waals surface area contributed by atoms with Gasteiger partial charge in [-0.2, -0.15) is 0 Å². The van der Waals surface area contributed by atoms with Gasteiger partial charge < -0.3 is 4.74 Å². The molecule has 0 aromatic heterocycles. The molecule has 0 rings (SSSR count). The van der Waals surface area contributed by atoms with Crippen molar-refractivity contribution in [1.82, 2.24) is 0 Å². The van der Waals surface area contributed by atoms with Crippen molar-refractivity contribution < 1.29 is 35.9 Å². The normalized spacial score (nSPS) is 13.8. The Morgan fingerprint density at radius 2 is 1.63 bits per heavy atom. The number of hydrogen-bond donors (Lipinski definition) is 0. The third-order valence-corrected chi connectivity index (χ3v) is 2.66. The van der Waals surface area contributed by atoms with E-state index in [-0.39, 0.29) is 0 Å². The van der Waals surface area contributed by atoms with E-state index < -0.39 is 42.7 Å². The summed E-state index contributed by atoms with van der Waals surface area (Å²) in [6.45, 7) is 2.84. The topological polar surface area (TPSA) is 26.3 Å². The number of esters is 1. The van der Waals surface area contributed by atoms with Crippen LogP contribution in [0.2, 0.25) is 0 Å². The van der Waals surface area contributed by atoms with E-state index in [0.717, 1.165) is 0 Å². The predicted octanol–water partition coefficient (Wildman–Crippen LogP) is 3.89. The van der Waals surface area contributed by atoms with Crippen LogP contribution in [0.3, 0.4) is 0 Å². The maximum Gasteiger partial charge on any atom is 0.313 e. The highest BCUT2D eigenvalue weighted by atomic mass is 19.3. The lowest BCUT2D eigenvalue weighted by Gasteiger charge is -2.25. The molecule has 0 aromatic rings. The van der Waals surface area contributed by atoms with Crippen LogP contribution in [0.25, 0.3) is 0 Å². The van der Waals surface area contributed by atoms with E-state index in [4.69, 9.17) is 0 Å². The maximum absolute atomic E-state index is 13.0. The van der Waals surface area contributed by atoms with Crippen LogP contribution in [0.15, 0.2) is 0 Å². The summed E-state index contributed by atoms with van der Waals surface area (Å²) in [6, 6.07) is 0.